The Morgan fingerprint density at radius 2 is 1.21 bits per heavy atom. The molecule has 7 nitrogen and oxygen atoms in total. The van der Waals surface area contributed by atoms with Gasteiger partial charge in [-0.05, 0) is 70.6 Å². The summed E-state index contributed by atoms with van der Waals surface area (Å²) < 4.78 is 7.46. The zero-order valence-corrected chi connectivity index (χ0v) is 32.1. The number of amides is 1. The summed E-state index contributed by atoms with van der Waals surface area (Å²) in [6, 6.07) is 0. The Morgan fingerprint density at radius 1 is 0.702 bits per heavy atom. The highest BCUT2D eigenvalue weighted by atomic mass is 32.2. The molecule has 47 heavy (non-hydrogen) atoms. The molecule has 0 unspecified atom stereocenters. The third-order valence-corrected chi connectivity index (χ3v) is 8.84. The van der Waals surface area contributed by atoms with Gasteiger partial charge in [-0.15, -0.1) is 16.5 Å². The summed E-state index contributed by atoms with van der Waals surface area (Å²) in [5, 5.41) is 7.88. The molecule has 1 N–H and O–H groups in total. The number of azo groups is 2. The van der Waals surface area contributed by atoms with Crippen molar-refractivity contribution in [1.29, 1.82) is 0 Å². The number of nitrogens with zero attached hydrogens (tertiary/aromatic N) is 3. The van der Waals surface area contributed by atoms with E-state index in [-0.39, 0.29) is 11.9 Å². The number of carbonyl (C=O) groups excluding carboxylic acids is 2. The van der Waals surface area contributed by atoms with E-state index in [1.165, 1.54) is 103 Å². The molecule has 8 heteroatoms. The largest absolute Gasteiger partial charge is 0.465 e. The summed E-state index contributed by atoms with van der Waals surface area (Å²) >= 11 is 1.94. The van der Waals surface area contributed by atoms with Crippen molar-refractivity contribution in [2.45, 2.75) is 155 Å². The summed E-state index contributed by atoms with van der Waals surface area (Å²) in [7, 11) is 4.27. The van der Waals surface area contributed by atoms with Gasteiger partial charge in [0.1, 0.15) is 5.88 Å². The van der Waals surface area contributed by atoms with Crippen LogP contribution in [0.2, 0.25) is 0 Å². The summed E-state index contributed by atoms with van der Waals surface area (Å²) in [6.45, 7) is 8.71. The lowest BCUT2D eigenvalue weighted by molar-refractivity contribution is -0.594. The first-order valence-electron chi connectivity index (χ1n) is 19.4. The average Bonchev–Trinajstić information content (AvgIpc) is 3.06. The van der Waals surface area contributed by atoms with E-state index < -0.39 is 0 Å². The topological polar surface area (TPSA) is 74.0 Å². The van der Waals surface area contributed by atoms with Crippen LogP contribution in [0.5, 0.6) is 0 Å². The number of hydrogen-bond acceptors (Lipinski definition) is 6. The molecule has 0 aliphatic heterocycles. The Bertz CT molecular complexity index is 747. The molecule has 0 rings (SSSR count). The minimum Gasteiger partial charge on any atom is -0.465 e. The second-order valence-corrected chi connectivity index (χ2v) is 14.2. The Kier molecular flexibility index (Phi) is 35.8. The first-order chi connectivity index (χ1) is 23.0. The maximum atomic E-state index is 11.6. The highest BCUT2D eigenvalue weighted by Gasteiger charge is 2.07. The summed E-state index contributed by atoms with van der Waals surface area (Å²) in [4.78, 5) is 25.3. The number of ether oxygens (including phenoxy) is 1. The first kappa shape index (κ1) is 45.3. The van der Waals surface area contributed by atoms with Gasteiger partial charge < -0.3 is 15.0 Å². The number of nitrogens with one attached hydrogen (secondary N) is 1. The van der Waals surface area contributed by atoms with Crippen molar-refractivity contribution < 1.29 is 19.0 Å². The van der Waals surface area contributed by atoms with Crippen LogP contribution in [0.15, 0.2) is 29.4 Å². The molecule has 0 saturated heterocycles. The van der Waals surface area contributed by atoms with E-state index in [2.05, 4.69) is 48.1 Å². The number of unbranched alkanes of at least 4 members (excludes halogenated alkanes) is 16. The van der Waals surface area contributed by atoms with E-state index in [1.807, 2.05) is 30.8 Å². The molecule has 0 aromatic carbocycles. The Morgan fingerprint density at radius 3 is 1.72 bits per heavy atom. The van der Waals surface area contributed by atoms with Gasteiger partial charge in [-0.1, -0.05) is 102 Å². The monoisotopic (exact) mass is 680 g/mol. The smallest absolute Gasteiger partial charge is 0.309 e. The fraction of sp³-hybridized carbons (Fsp3) is 0.846. The average molecular weight is 680 g/mol. The van der Waals surface area contributed by atoms with Gasteiger partial charge in [-0.3, -0.25) is 9.59 Å². The van der Waals surface area contributed by atoms with Gasteiger partial charge in [-0.25, -0.2) is 0 Å². The minimum absolute atomic E-state index is 0.111. The quantitative estimate of drug-likeness (QED) is 0.0237. The van der Waals surface area contributed by atoms with Crippen LogP contribution < -0.4 is 5.32 Å². The predicted octanol–water partition coefficient (Wildman–Crippen LogP) is 10.1. The van der Waals surface area contributed by atoms with Crippen LogP contribution in [0.1, 0.15) is 155 Å². The second-order valence-electron chi connectivity index (χ2n) is 13.1. The summed E-state index contributed by atoms with van der Waals surface area (Å²) in [6.07, 6.45) is 34.0. The Hall–Kier alpha value is -1.67. The second kappa shape index (κ2) is 37.2. The van der Waals surface area contributed by atoms with E-state index in [9.17, 15) is 9.59 Å². The molecule has 0 radical (unpaired) electrons. The molecular weight excluding hydrogens is 605 g/mol. The third kappa shape index (κ3) is 37.0. The highest BCUT2D eigenvalue weighted by molar-refractivity contribution is 7.99. The molecule has 0 aliphatic carbocycles. The molecule has 0 aromatic rings. The van der Waals surface area contributed by atoms with Crippen LogP contribution in [0, 0.1) is 0 Å². The number of rotatable bonds is 35. The van der Waals surface area contributed by atoms with Crippen molar-refractivity contribution in [3.63, 3.8) is 0 Å². The lowest BCUT2D eigenvalue weighted by atomic mass is 10.1. The van der Waals surface area contributed by atoms with Crippen molar-refractivity contribution >= 4 is 23.6 Å². The van der Waals surface area contributed by atoms with Gasteiger partial charge in [0.05, 0.1) is 13.0 Å². The lowest BCUT2D eigenvalue weighted by Gasteiger charge is -2.07. The molecule has 0 heterocycles. The van der Waals surface area contributed by atoms with Crippen LogP contribution >= 0.6 is 11.8 Å². The van der Waals surface area contributed by atoms with Gasteiger partial charge in [-0.2, -0.15) is 0 Å². The van der Waals surface area contributed by atoms with Gasteiger partial charge in [0, 0.05) is 38.1 Å². The van der Waals surface area contributed by atoms with Crippen LogP contribution in [0.3, 0.4) is 0 Å². The van der Waals surface area contributed by atoms with Crippen molar-refractivity contribution in [2.75, 3.05) is 58.5 Å². The molecule has 0 atom stereocenters. The maximum Gasteiger partial charge on any atom is 0.309 e. The fourth-order valence-electron chi connectivity index (χ4n) is 5.14. The summed E-state index contributed by atoms with van der Waals surface area (Å²) in [5.41, 5.74) is 0. The molecule has 0 spiro atoms. The van der Waals surface area contributed by atoms with E-state index in [4.69, 9.17) is 9.85 Å². The zero-order valence-electron chi connectivity index (χ0n) is 31.3. The van der Waals surface area contributed by atoms with E-state index in [0.717, 1.165) is 63.5 Å². The normalized spacial score (nSPS) is 12.1. The minimum atomic E-state index is -0.111. The number of thioether (sulfide) groups is 1. The van der Waals surface area contributed by atoms with Gasteiger partial charge >= 0.3 is 5.97 Å². The molecule has 0 saturated carbocycles. The molecule has 0 fully saturated rings. The lowest BCUT2D eigenvalue weighted by Crippen LogP contribution is -2.22. The van der Waals surface area contributed by atoms with E-state index >= 15 is 0 Å². The number of allylic oxidation sites excluding steroid dienone is 2. The van der Waals surface area contributed by atoms with Crippen LogP contribution in [0.25, 0.3) is 0 Å². The molecule has 0 bridgehead atoms. The first-order valence-corrected chi connectivity index (χ1v) is 20.5. The van der Waals surface area contributed by atoms with Crippen LogP contribution in [-0.2, 0) is 14.3 Å². The fourth-order valence-corrected chi connectivity index (χ4v) is 6.01. The zero-order chi connectivity index (χ0) is 34.5. The van der Waals surface area contributed by atoms with Crippen molar-refractivity contribution in [1.82, 2.24) is 10.2 Å². The Balaban J connectivity index is 3.93. The highest BCUT2D eigenvalue weighted by Crippen LogP contribution is 2.13. The van der Waals surface area contributed by atoms with Crippen molar-refractivity contribution in [3.8, 4) is 0 Å². The van der Waals surface area contributed by atoms with Crippen LogP contribution in [0.4, 0.5) is 0 Å². The summed E-state index contributed by atoms with van der Waals surface area (Å²) in [5.74, 6) is 2.05. The van der Waals surface area contributed by atoms with Crippen molar-refractivity contribution in [2.24, 2.45) is 5.11 Å². The van der Waals surface area contributed by atoms with Crippen molar-refractivity contribution in [3.05, 3.63) is 24.3 Å². The van der Waals surface area contributed by atoms with Gasteiger partial charge in [0.25, 0.3) is 0 Å². The number of esters is 1. The van der Waals surface area contributed by atoms with E-state index in [1.54, 1.807) is 0 Å². The number of carbonyl (C=O) groups is 2. The third-order valence-electron chi connectivity index (χ3n) is 8.07. The molecule has 0 aliphatic rings. The maximum absolute atomic E-state index is 11.6. The van der Waals surface area contributed by atoms with Crippen LogP contribution in [-0.4, -0.2) is 80.0 Å². The molecule has 1 amide bonds. The molecule has 0 aromatic heterocycles. The SMILES string of the molecule is CCCNC(=O)CC=CCCCCCCCCCC[N+](CCCCCCCCCCC=CCC(=O)OCCC)=NCSCCN(C)C. The standard InChI is InChI=1S/C39H74N4O3S/c1-5-31-40-38(44)29-25-21-17-13-9-7-11-15-19-23-27-32-43(41-37-47-36-34-42(3)4)33-28-24-20-16-12-8-10-14-18-22-26-30-39(45)46-35-6-2/h21-22,25-26H,5-20,23-24,27-37H2,1-4H3/p+1. The molecule has 274 valence electrons. The van der Waals surface area contributed by atoms with Gasteiger partial charge in [0.15, 0.2) is 13.1 Å². The van der Waals surface area contributed by atoms with Gasteiger partial charge in [0.2, 0.25) is 5.91 Å². The predicted molar refractivity (Wildman–Crippen MR) is 203 cm³/mol. The number of hydrogen-bond donors (Lipinski definition) is 1. The van der Waals surface area contributed by atoms with E-state index in [0.29, 0.717) is 19.4 Å². The molecular formula is C39H75N4O3S+. The Labute approximate surface area is 295 Å².